The maximum atomic E-state index is 14.0. The number of methoxy groups -OCH3 is 1. The molecule has 1 saturated heterocycles. The van der Waals surface area contributed by atoms with E-state index < -0.39 is 0 Å². The number of piperidine rings is 1. The fourth-order valence-corrected chi connectivity index (χ4v) is 2.54. The van der Waals surface area contributed by atoms with Gasteiger partial charge in [-0.25, -0.2) is 4.39 Å². The van der Waals surface area contributed by atoms with Gasteiger partial charge in [-0.2, -0.15) is 0 Å². The highest BCUT2D eigenvalue weighted by Crippen LogP contribution is 2.30. The van der Waals surface area contributed by atoms with Crippen LogP contribution in [-0.4, -0.2) is 13.7 Å². The maximum absolute atomic E-state index is 14.0. The van der Waals surface area contributed by atoms with Crippen LogP contribution in [0.5, 0.6) is 0 Å². The summed E-state index contributed by atoms with van der Waals surface area (Å²) in [5, 5.41) is 3.52. The molecule has 4 heteroatoms. The van der Waals surface area contributed by atoms with Gasteiger partial charge in [0.05, 0.1) is 11.6 Å². The summed E-state index contributed by atoms with van der Waals surface area (Å²) >= 11 is 5.92. The van der Waals surface area contributed by atoms with Gasteiger partial charge in [-0.15, -0.1) is 0 Å². The van der Waals surface area contributed by atoms with E-state index in [0.717, 1.165) is 31.4 Å². The molecule has 0 amide bonds. The molecule has 2 nitrogen and oxygen atoms in total. The average Bonchev–Trinajstić information content (AvgIpc) is 2.35. The fourth-order valence-electron chi connectivity index (χ4n) is 2.29. The van der Waals surface area contributed by atoms with E-state index in [1.165, 1.54) is 0 Å². The Kier molecular flexibility index (Phi) is 4.37. The van der Waals surface area contributed by atoms with E-state index in [2.05, 4.69) is 5.32 Å². The lowest BCUT2D eigenvalue weighted by molar-refractivity contribution is 0.184. The predicted molar refractivity (Wildman–Crippen MR) is 66.7 cm³/mol. The van der Waals surface area contributed by atoms with Crippen molar-refractivity contribution in [1.29, 1.82) is 0 Å². The molecule has 1 aromatic rings. The monoisotopic (exact) mass is 257 g/mol. The highest BCUT2D eigenvalue weighted by atomic mass is 35.5. The lowest BCUT2D eigenvalue weighted by Gasteiger charge is -2.25. The normalized spacial score (nSPS) is 20.5. The van der Waals surface area contributed by atoms with E-state index in [0.29, 0.717) is 12.2 Å². The van der Waals surface area contributed by atoms with Crippen molar-refractivity contribution in [2.45, 2.75) is 31.9 Å². The second kappa shape index (κ2) is 5.80. The lowest BCUT2D eigenvalue weighted by atomic mass is 9.96. The Morgan fingerprint density at radius 2 is 2.29 bits per heavy atom. The molecule has 1 fully saturated rings. The molecule has 17 heavy (non-hydrogen) atoms. The Hall–Kier alpha value is -0.640. The topological polar surface area (TPSA) is 21.3 Å². The molecule has 1 N–H and O–H groups in total. The zero-order valence-corrected chi connectivity index (χ0v) is 10.7. The summed E-state index contributed by atoms with van der Waals surface area (Å²) in [5.74, 6) is -0.300. The molecule has 1 unspecified atom stereocenters. The van der Waals surface area contributed by atoms with Crippen LogP contribution in [0.4, 0.5) is 4.39 Å². The van der Waals surface area contributed by atoms with Gasteiger partial charge in [0.25, 0.3) is 0 Å². The summed E-state index contributed by atoms with van der Waals surface area (Å²) in [5.41, 5.74) is 1.59. The standard InChI is InChI=1S/C13H17ClFNO/c1-17-8-9-6-10(13(15)11(14)7-9)12-4-2-3-5-16-12/h6-7,12,16H,2-5,8H2,1H3. The van der Waals surface area contributed by atoms with Crippen molar-refractivity contribution in [3.63, 3.8) is 0 Å². The third-order valence-corrected chi connectivity index (χ3v) is 3.39. The number of benzene rings is 1. The lowest BCUT2D eigenvalue weighted by Crippen LogP contribution is -2.27. The molecular weight excluding hydrogens is 241 g/mol. The van der Waals surface area contributed by atoms with Gasteiger partial charge in [0.15, 0.2) is 0 Å². The van der Waals surface area contributed by atoms with Crippen LogP contribution in [0.3, 0.4) is 0 Å². The van der Waals surface area contributed by atoms with E-state index in [9.17, 15) is 4.39 Å². The van der Waals surface area contributed by atoms with Crippen molar-refractivity contribution >= 4 is 11.6 Å². The van der Waals surface area contributed by atoms with Crippen molar-refractivity contribution in [3.8, 4) is 0 Å². The minimum Gasteiger partial charge on any atom is -0.380 e. The number of halogens is 2. The minimum atomic E-state index is -0.300. The van der Waals surface area contributed by atoms with Crippen LogP contribution < -0.4 is 5.32 Å². The van der Waals surface area contributed by atoms with Gasteiger partial charge in [0.1, 0.15) is 5.82 Å². The summed E-state index contributed by atoms with van der Waals surface area (Å²) in [4.78, 5) is 0. The summed E-state index contributed by atoms with van der Waals surface area (Å²) in [6.45, 7) is 1.40. The van der Waals surface area contributed by atoms with E-state index in [1.807, 2.05) is 6.07 Å². The smallest absolute Gasteiger partial charge is 0.146 e. The van der Waals surface area contributed by atoms with Gasteiger partial charge < -0.3 is 10.1 Å². The SMILES string of the molecule is COCc1cc(Cl)c(F)c(C2CCCCN2)c1. The first-order valence-electron chi connectivity index (χ1n) is 5.92. The van der Waals surface area contributed by atoms with Crippen molar-refractivity contribution in [3.05, 3.63) is 34.1 Å². The molecule has 0 bridgehead atoms. The Balaban J connectivity index is 2.29. The zero-order chi connectivity index (χ0) is 12.3. The third kappa shape index (κ3) is 2.97. The molecule has 94 valence electrons. The molecule has 0 radical (unpaired) electrons. The van der Waals surface area contributed by atoms with Crippen LogP contribution >= 0.6 is 11.6 Å². The highest BCUT2D eigenvalue weighted by molar-refractivity contribution is 6.30. The second-order valence-electron chi connectivity index (χ2n) is 4.42. The van der Waals surface area contributed by atoms with E-state index in [1.54, 1.807) is 13.2 Å². The molecule has 1 atom stereocenters. The number of hydrogen-bond donors (Lipinski definition) is 1. The summed E-state index contributed by atoms with van der Waals surface area (Å²) in [7, 11) is 1.62. The van der Waals surface area contributed by atoms with Gasteiger partial charge in [0.2, 0.25) is 0 Å². The van der Waals surface area contributed by atoms with Crippen molar-refractivity contribution in [1.82, 2.24) is 5.32 Å². The largest absolute Gasteiger partial charge is 0.380 e. The average molecular weight is 258 g/mol. The van der Waals surface area contributed by atoms with Crippen LogP contribution in [0, 0.1) is 5.82 Å². The summed E-state index contributed by atoms with van der Waals surface area (Å²) < 4.78 is 19.1. The molecule has 0 spiro atoms. The van der Waals surface area contributed by atoms with Gasteiger partial charge >= 0.3 is 0 Å². The second-order valence-corrected chi connectivity index (χ2v) is 4.82. The molecule has 0 aromatic heterocycles. The molecule has 2 rings (SSSR count). The number of hydrogen-bond acceptors (Lipinski definition) is 2. The first-order chi connectivity index (χ1) is 8.22. The third-order valence-electron chi connectivity index (χ3n) is 3.11. The first kappa shape index (κ1) is 12.8. The summed E-state index contributed by atoms with van der Waals surface area (Å²) in [6, 6.07) is 3.57. The van der Waals surface area contributed by atoms with E-state index in [4.69, 9.17) is 16.3 Å². The molecule has 1 aliphatic heterocycles. The fraction of sp³-hybridized carbons (Fsp3) is 0.538. The molecule has 1 heterocycles. The first-order valence-corrected chi connectivity index (χ1v) is 6.30. The van der Waals surface area contributed by atoms with Crippen LogP contribution in [0.25, 0.3) is 0 Å². The maximum Gasteiger partial charge on any atom is 0.146 e. The molecule has 1 aromatic carbocycles. The molecule has 0 aliphatic carbocycles. The van der Waals surface area contributed by atoms with Crippen molar-refractivity contribution in [2.75, 3.05) is 13.7 Å². The van der Waals surface area contributed by atoms with Gasteiger partial charge in [-0.3, -0.25) is 0 Å². The van der Waals surface area contributed by atoms with E-state index in [-0.39, 0.29) is 16.9 Å². The van der Waals surface area contributed by atoms with Crippen molar-refractivity contribution in [2.24, 2.45) is 0 Å². The number of nitrogens with one attached hydrogen (secondary N) is 1. The predicted octanol–water partition coefficient (Wildman–Crippen LogP) is 3.44. The highest BCUT2D eigenvalue weighted by Gasteiger charge is 2.20. The Morgan fingerprint density at radius 1 is 1.47 bits per heavy atom. The quantitative estimate of drug-likeness (QED) is 0.896. The van der Waals surface area contributed by atoms with Crippen LogP contribution in [-0.2, 0) is 11.3 Å². The molecular formula is C13H17ClFNO. The Bertz CT molecular complexity index is 391. The number of ether oxygens (including phenoxy) is 1. The summed E-state index contributed by atoms with van der Waals surface area (Å²) in [6.07, 6.45) is 3.25. The van der Waals surface area contributed by atoms with Gasteiger partial charge in [0, 0.05) is 18.7 Å². The molecule has 1 aliphatic rings. The minimum absolute atomic E-state index is 0.0815. The van der Waals surface area contributed by atoms with E-state index >= 15 is 0 Å². The number of rotatable bonds is 3. The van der Waals surface area contributed by atoms with Gasteiger partial charge in [-0.05, 0) is 37.1 Å². The van der Waals surface area contributed by atoms with Gasteiger partial charge in [-0.1, -0.05) is 18.0 Å². The van der Waals surface area contributed by atoms with Crippen molar-refractivity contribution < 1.29 is 9.13 Å². The molecule has 0 saturated carbocycles. The Labute approximate surface area is 106 Å². The zero-order valence-electron chi connectivity index (χ0n) is 9.93. The Morgan fingerprint density at radius 3 is 2.94 bits per heavy atom. The van der Waals surface area contributed by atoms with Crippen LogP contribution in [0.2, 0.25) is 5.02 Å². The van der Waals surface area contributed by atoms with Crippen LogP contribution in [0.1, 0.15) is 36.4 Å². The van der Waals surface area contributed by atoms with Crippen LogP contribution in [0.15, 0.2) is 12.1 Å².